The van der Waals surface area contributed by atoms with E-state index in [4.69, 9.17) is 0 Å². The first kappa shape index (κ1) is 15.8. The summed E-state index contributed by atoms with van der Waals surface area (Å²) in [6.07, 6.45) is -0.492. The Balaban J connectivity index is 1.98. The van der Waals surface area contributed by atoms with Crippen LogP contribution in [-0.2, 0) is 0 Å². The van der Waals surface area contributed by atoms with Crippen molar-refractivity contribution in [2.75, 3.05) is 32.0 Å². The largest absolute Gasteiger partial charge is 0.389 e. The maximum absolute atomic E-state index is 12.3. The topological polar surface area (TPSA) is 55.8 Å². The maximum Gasteiger partial charge on any atom is 0.321 e. The van der Waals surface area contributed by atoms with Crippen LogP contribution in [0.3, 0.4) is 0 Å². The molecule has 5 nitrogen and oxygen atoms in total. The van der Waals surface area contributed by atoms with E-state index in [1.54, 1.807) is 6.92 Å². The molecule has 2 rings (SSSR count). The van der Waals surface area contributed by atoms with Crippen molar-refractivity contribution in [2.24, 2.45) is 0 Å². The molecular formula is C16H25N3O2. The van der Waals surface area contributed by atoms with Gasteiger partial charge >= 0.3 is 6.03 Å². The van der Waals surface area contributed by atoms with Gasteiger partial charge in [0.05, 0.1) is 6.10 Å². The van der Waals surface area contributed by atoms with Gasteiger partial charge < -0.3 is 15.3 Å². The normalized spacial score (nSPS) is 20.1. The molecule has 1 fully saturated rings. The molecule has 21 heavy (non-hydrogen) atoms. The van der Waals surface area contributed by atoms with E-state index in [0.29, 0.717) is 6.54 Å². The molecule has 0 aromatic heterocycles. The lowest BCUT2D eigenvalue weighted by atomic mass is 10.00. The zero-order valence-electron chi connectivity index (χ0n) is 13.3. The number of amides is 2. The molecule has 2 N–H and O–H groups in total. The summed E-state index contributed by atoms with van der Waals surface area (Å²) >= 11 is 0. The number of urea groups is 1. The molecule has 2 amide bonds. The lowest BCUT2D eigenvalue weighted by Crippen LogP contribution is -2.59. The Kier molecular flexibility index (Phi) is 4.54. The van der Waals surface area contributed by atoms with Crippen molar-refractivity contribution in [3.8, 4) is 0 Å². The molecular weight excluding hydrogens is 266 g/mol. The summed E-state index contributed by atoms with van der Waals surface area (Å²) in [5.74, 6) is 0. The Morgan fingerprint density at radius 1 is 1.29 bits per heavy atom. The van der Waals surface area contributed by atoms with Gasteiger partial charge in [0.1, 0.15) is 0 Å². The summed E-state index contributed by atoms with van der Waals surface area (Å²) in [5, 5.41) is 12.4. The number of nitrogens with zero attached hydrogens (tertiary/aromatic N) is 2. The Morgan fingerprint density at radius 3 is 2.43 bits per heavy atom. The highest BCUT2D eigenvalue weighted by atomic mass is 16.3. The minimum absolute atomic E-state index is 0.00817. The quantitative estimate of drug-likeness (QED) is 0.879. The van der Waals surface area contributed by atoms with Gasteiger partial charge in [-0.1, -0.05) is 12.1 Å². The number of hydrogen-bond donors (Lipinski definition) is 2. The van der Waals surface area contributed by atoms with E-state index in [1.165, 1.54) is 0 Å². The fraction of sp³-hybridized carbons (Fsp3) is 0.562. The molecule has 0 bridgehead atoms. The number of piperazine rings is 1. The van der Waals surface area contributed by atoms with E-state index in [2.05, 4.69) is 31.1 Å². The van der Waals surface area contributed by atoms with Crippen LogP contribution in [0.25, 0.3) is 0 Å². The van der Waals surface area contributed by atoms with Crippen LogP contribution in [0.5, 0.6) is 0 Å². The fourth-order valence-electron chi connectivity index (χ4n) is 2.46. The highest BCUT2D eigenvalue weighted by molar-refractivity contribution is 5.89. The Hall–Kier alpha value is -1.59. The standard InChI is InChI=1S/C16H25N3O2/c1-12(20)13-5-7-14(8-6-13)17-15(21)19-10-9-18(4)16(2,3)11-19/h5-8,12,20H,9-11H2,1-4H3,(H,17,21). The Bertz CT molecular complexity index is 497. The summed E-state index contributed by atoms with van der Waals surface area (Å²) in [4.78, 5) is 16.4. The van der Waals surface area contributed by atoms with Crippen molar-refractivity contribution in [1.82, 2.24) is 9.80 Å². The lowest BCUT2D eigenvalue weighted by Gasteiger charge is -2.45. The number of hydrogen-bond acceptors (Lipinski definition) is 3. The zero-order valence-corrected chi connectivity index (χ0v) is 13.3. The Labute approximate surface area is 126 Å². The highest BCUT2D eigenvalue weighted by Crippen LogP contribution is 2.20. The molecule has 0 radical (unpaired) electrons. The van der Waals surface area contributed by atoms with E-state index >= 15 is 0 Å². The molecule has 1 saturated heterocycles. The lowest BCUT2D eigenvalue weighted by molar-refractivity contribution is 0.0608. The Morgan fingerprint density at radius 2 is 1.90 bits per heavy atom. The van der Waals surface area contributed by atoms with E-state index in [-0.39, 0.29) is 11.6 Å². The second-order valence-electron chi connectivity index (χ2n) is 6.38. The van der Waals surface area contributed by atoms with Crippen molar-refractivity contribution in [2.45, 2.75) is 32.4 Å². The summed E-state index contributed by atoms with van der Waals surface area (Å²) in [7, 11) is 2.09. The summed E-state index contributed by atoms with van der Waals surface area (Å²) in [5.41, 5.74) is 1.58. The van der Waals surface area contributed by atoms with Gasteiger partial charge in [0.25, 0.3) is 0 Å². The third-order valence-electron chi connectivity index (χ3n) is 4.25. The molecule has 0 saturated carbocycles. The molecule has 116 valence electrons. The van der Waals surface area contributed by atoms with Crippen molar-refractivity contribution < 1.29 is 9.90 Å². The first-order chi connectivity index (χ1) is 9.79. The van der Waals surface area contributed by atoms with Gasteiger partial charge in [-0.15, -0.1) is 0 Å². The van der Waals surface area contributed by atoms with Crippen molar-refractivity contribution in [1.29, 1.82) is 0 Å². The van der Waals surface area contributed by atoms with Crippen LogP contribution in [-0.4, -0.2) is 53.2 Å². The average molecular weight is 291 g/mol. The van der Waals surface area contributed by atoms with Crippen molar-refractivity contribution in [3.05, 3.63) is 29.8 Å². The number of likely N-dealkylation sites (N-methyl/N-ethyl adjacent to an activating group) is 1. The number of carbonyl (C=O) groups is 1. The molecule has 1 aromatic carbocycles. The van der Waals surface area contributed by atoms with Crippen LogP contribution >= 0.6 is 0 Å². The SMILES string of the molecule is CC(O)c1ccc(NC(=O)N2CCN(C)C(C)(C)C2)cc1. The van der Waals surface area contributed by atoms with E-state index < -0.39 is 6.10 Å². The van der Waals surface area contributed by atoms with E-state index in [1.807, 2.05) is 29.2 Å². The second kappa shape index (κ2) is 6.03. The molecule has 1 aliphatic rings. The van der Waals surface area contributed by atoms with E-state index in [9.17, 15) is 9.90 Å². The number of anilines is 1. The average Bonchev–Trinajstić information content (AvgIpc) is 2.42. The molecule has 1 aromatic rings. The third kappa shape index (κ3) is 3.74. The van der Waals surface area contributed by atoms with Gasteiger partial charge in [-0.05, 0) is 45.5 Å². The van der Waals surface area contributed by atoms with Crippen molar-refractivity contribution >= 4 is 11.7 Å². The van der Waals surface area contributed by atoms with Crippen LogP contribution in [0.2, 0.25) is 0 Å². The first-order valence-electron chi connectivity index (χ1n) is 7.35. The third-order valence-corrected chi connectivity index (χ3v) is 4.25. The minimum Gasteiger partial charge on any atom is -0.389 e. The fourth-order valence-corrected chi connectivity index (χ4v) is 2.46. The molecule has 1 unspecified atom stereocenters. The van der Waals surface area contributed by atoms with Crippen LogP contribution < -0.4 is 5.32 Å². The monoisotopic (exact) mass is 291 g/mol. The summed E-state index contributed by atoms with van der Waals surface area (Å²) in [6.45, 7) is 8.33. The van der Waals surface area contributed by atoms with Crippen LogP contribution in [0, 0.1) is 0 Å². The van der Waals surface area contributed by atoms with Gasteiger partial charge in [0.15, 0.2) is 0 Å². The number of aliphatic hydroxyl groups is 1. The summed E-state index contributed by atoms with van der Waals surface area (Å²) < 4.78 is 0. The molecule has 1 heterocycles. The minimum atomic E-state index is -0.492. The van der Waals surface area contributed by atoms with E-state index in [0.717, 1.165) is 24.3 Å². The van der Waals surface area contributed by atoms with Gasteiger partial charge in [0, 0.05) is 30.9 Å². The molecule has 1 aliphatic heterocycles. The summed E-state index contributed by atoms with van der Waals surface area (Å²) in [6, 6.07) is 7.23. The van der Waals surface area contributed by atoms with Gasteiger partial charge in [-0.3, -0.25) is 4.90 Å². The molecule has 1 atom stereocenters. The number of nitrogens with one attached hydrogen (secondary N) is 1. The highest BCUT2D eigenvalue weighted by Gasteiger charge is 2.33. The van der Waals surface area contributed by atoms with Crippen LogP contribution in [0.4, 0.5) is 10.5 Å². The van der Waals surface area contributed by atoms with Gasteiger partial charge in [-0.25, -0.2) is 4.79 Å². The number of carbonyl (C=O) groups excluding carboxylic acids is 1. The predicted molar refractivity (Wildman–Crippen MR) is 84.4 cm³/mol. The van der Waals surface area contributed by atoms with Crippen molar-refractivity contribution in [3.63, 3.8) is 0 Å². The predicted octanol–water partition coefficient (Wildman–Crippen LogP) is 2.30. The number of benzene rings is 1. The first-order valence-corrected chi connectivity index (χ1v) is 7.35. The number of rotatable bonds is 2. The molecule has 0 aliphatic carbocycles. The number of aliphatic hydroxyl groups excluding tert-OH is 1. The maximum atomic E-state index is 12.3. The van der Waals surface area contributed by atoms with Gasteiger partial charge in [0.2, 0.25) is 0 Å². The van der Waals surface area contributed by atoms with Gasteiger partial charge in [-0.2, -0.15) is 0 Å². The van der Waals surface area contributed by atoms with Crippen LogP contribution in [0.1, 0.15) is 32.4 Å². The molecule has 5 heteroatoms. The zero-order chi connectivity index (χ0) is 15.6. The van der Waals surface area contributed by atoms with Crippen LogP contribution in [0.15, 0.2) is 24.3 Å². The smallest absolute Gasteiger partial charge is 0.321 e. The second-order valence-corrected chi connectivity index (χ2v) is 6.38. The molecule has 0 spiro atoms.